The van der Waals surface area contributed by atoms with Gasteiger partial charge in [-0.15, -0.1) is 5.10 Å². The van der Waals surface area contributed by atoms with E-state index in [1.54, 1.807) is 31.2 Å². The summed E-state index contributed by atoms with van der Waals surface area (Å²) in [7, 11) is 1.52. The summed E-state index contributed by atoms with van der Waals surface area (Å²) >= 11 is 0. The second-order valence-corrected chi connectivity index (χ2v) is 5.42. The van der Waals surface area contributed by atoms with Crippen LogP contribution in [0.1, 0.15) is 17.4 Å². The Kier molecular flexibility index (Phi) is 5.15. The number of hydrogen-bond donors (Lipinski definition) is 2. The first kappa shape index (κ1) is 18.1. The molecule has 10 nitrogen and oxygen atoms in total. The number of esters is 1. The van der Waals surface area contributed by atoms with Gasteiger partial charge >= 0.3 is 5.97 Å². The molecule has 1 amide bonds. The number of carbonyl (C=O) groups excluding carboxylic acids is 2. The van der Waals surface area contributed by atoms with Crippen LogP contribution in [0.4, 0.5) is 0 Å². The van der Waals surface area contributed by atoms with Crippen LogP contribution in [0, 0.1) is 0 Å². The fourth-order valence-corrected chi connectivity index (χ4v) is 2.54. The second kappa shape index (κ2) is 7.68. The smallest absolute Gasteiger partial charge is 0.325 e. The number of carbonyl (C=O) groups is 2. The first-order chi connectivity index (χ1) is 13.0. The topological polar surface area (TPSA) is 128 Å². The molecule has 1 aromatic carbocycles. The third-order valence-corrected chi connectivity index (χ3v) is 3.72. The molecule has 0 bridgehead atoms. The molecule has 2 aromatic heterocycles. The average molecular weight is 371 g/mol. The lowest BCUT2D eigenvalue weighted by Crippen LogP contribution is -2.31. The number of nitrogens with zero attached hydrogens (tertiary/aromatic N) is 3. The van der Waals surface area contributed by atoms with E-state index in [-0.39, 0.29) is 24.4 Å². The van der Waals surface area contributed by atoms with Crippen LogP contribution in [-0.2, 0) is 9.53 Å². The summed E-state index contributed by atoms with van der Waals surface area (Å²) in [5.41, 5.74) is 0.336. The molecule has 2 heterocycles. The van der Waals surface area contributed by atoms with Crippen LogP contribution >= 0.6 is 0 Å². The molecule has 0 aliphatic carbocycles. The van der Waals surface area contributed by atoms with E-state index in [0.29, 0.717) is 17.0 Å². The predicted octanol–water partition coefficient (Wildman–Crippen LogP) is 0.386. The molecule has 0 saturated heterocycles. The van der Waals surface area contributed by atoms with Crippen molar-refractivity contribution < 1.29 is 19.1 Å². The van der Waals surface area contributed by atoms with Crippen LogP contribution in [0.2, 0.25) is 0 Å². The molecule has 0 atom stereocenters. The van der Waals surface area contributed by atoms with E-state index >= 15 is 0 Å². The molecule has 140 valence electrons. The number of amides is 1. The highest BCUT2D eigenvalue weighted by molar-refractivity contribution is 5.99. The van der Waals surface area contributed by atoms with E-state index in [2.05, 4.69) is 20.6 Å². The summed E-state index contributed by atoms with van der Waals surface area (Å²) in [6, 6.07) is 7.14. The lowest BCUT2D eigenvalue weighted by Gasteiger charge is -2.08. The molecule has 10 heteroatoms. The number of benzene rings is 1. The molecule has 27 heavy (non-hydrogen) atoms. The summed E-state index contributed by atoms with van der Waals surface area (Å²) < 4.78 is 11.2. The van der Waals surface area contributed by atoms with E-state index in [1.807, 2.05) is 0 Å². The number of ether oxygens (including phenoxy) is 2. The summed E-state index contributed by atoms with van der Waals surface area (Å²) in [5.74, 6) is -0.719. The Morgan fingerprint density at radius 2 is 2.07 bits per heavy atom. The van der Waals surface area contributed by atoms with Crippen LogP contribution in [0.25, 0.3) is 16.8 Å². The van der Waals surface area contributed by atoms with E-state index in [1.165, 1.54) is 17.8 Å². The van der Waals surface area contributed by atoms with Crippen molar-refractivity contribution >= 4 is 17.4 Å². The van der Waals surface area contributed by atoms with Gasteiger partial charge in [0.05, 0.1) is 25.6 Å². The minimum atomic E-state index is -0.700. The number of rotatable bonds is 6. The van der Waals surface area contributed by atoms with Crippen molar-refractivity contribution in [3.63, 3.8) is 0 Å². The number of aromatic amines is 1. The van der Waals surface area contributed by atoms with E-state index in [0.717, 1.165) is 0 Å². The molecule has 0 saturated carbocycles. The SMILES string of the molecule is CCOC(=O)CNC(=O)c1nnn2cc(-c3ccccc3OC)[nH]c(=O)c12. The van der Waals surface area contributed by atoms with E-state index < -0.39 is 17.4 Å². The molecule has 0 radical (unpaired) electrons. The quantitative estimate of drug-likeness (QED) is 0.600. The standard InChI is InChI=1S/C17H17N5O5/c1-3-27-13(23)8-18-16(24)14-15-17(25)19-11(9-22(15)21-20-14)10-6-4-5-7-12(10)26-2/h4-7,9H,3,8H2,1-2H3,(H,18,24)(H,19,25). The van der Waals surface area contributed by atoms with Gasteiger partial charge in [0.2, 0.25) is 0 Å². The minimum Gasteiger partial charge on any atom is -0.496 e. The highest BCUT2D eigenvalue weighted by atomic mass is 16.5. The normalized spacial score (nSPS) is 10.6. The molecule has 0 aliphatic rings. The van der Waals surface area contributed by atoms with Gasteiger partial charge in [-0.1, -0.05) is 17.3 Å². The van der Waals surface area contributed by atoms with Crippen molar-refractivity contribution in [2.24, 2.45) is 0 Å². The lowest BCUT2D eigenvalue weighted by molar-refractivity contribution is -0.141. The van der Waals surface area contributed by atoms with Crippen LogP contribution in [0.5, 0.6) is 5.75 Å². The summed E-state index contributed by atoms with van der Waals surface area (Å²) in [6.07, 6.45) is 1.53. The van der Waals surface area contributed by atoms with Crippen molar-refractivity contribution in [1.82, 2.24) is 25.1 Å². The van der Waals surface area contributed by atoms with Crippen molar-refractivity contribution in [2.45, 2.75) is 6.92 Å². The number of methoxy groups -OCH3 is 1. The number of para-hydroxylation sites is 1. The van der Waals surface area contributed by atoms with Crippen LogP contribution in [0.15, 0.2) is 35.3 Å². The Balaban J connectivity index is 1.94. The zero-order chi connectivity index (χ0) is 19.4. The molecule has 0 spiro atoms. The highest BCUT2D eigenvalue weighted by Crippen LogP contribution is 2.27. The number of aromatic nitrogens is 4. The third-order valence-electron chi connectivity index (χ3n) is 3.72. The van der Waals surface area contributed by atoms with Gasteiger partial charge in [-0.05, 0) is 19.1 Å². The summed E-state index contributed by atoms with van der Waals surface area (Å²) in [5, 5.41) is 9.94. The number of hydrogen-bond acceptors (Lipinski definition) is 7. The van der Waals surface area contributed by atoms with Gasteiger partial charge in [-0.2, -0.15) is 0 Å². The van der Waals surface area contributed by atoms with Crippen LogP contribution < -0.4 is 15.6 Å². The Morgan fingerprint density at radius 3 is 2.81 bits per heavy atom. The molecule has 0 unspecified atom stereocenters. The van der Waals surface area contributed by atoms with Gasteiger partial charge in [0, 0.05) is 5.56 Å². The minimum absolute atomic E-state index is 0.0324. The summed E-state index contributed by atoms with van der Waals surface area (Å²) in [4.78, 5) is 38.8. The van der Waals surface area contributed by atoms with Crippen LogP contribution in [-0.4, -0.2) is 51.9 Å². The molecular weight excluding hydrogens is 354 g/mol. The fourth-order valence-electron chi connectivity index (χ4n) is 2.54. The van der Waals surface area contributed by atoms with Crippen molar-refractivity contribution in [3.8, 4) is 17.0 Å². The Labute approximate surface area is 153 Å². The maximum atomic E-state index is 12.5. The number of nitrogens with one attached hydrogen (secondary N) is 2. The number of fused-ring (bicyclic) bond motifs is 1. The lowest BCUT2D eigenvalue weighted by atomic mass is 10.1. The molecule has 3 rings (SSSR count). The van der Waals surface area contributed by atoms with Gasteiger partial charge in [0.15, 0.2) is 11.2 Å². The van der Waals surface area contributed by atoms with Crippen molar-refractivity contribution in [1.29, 1.82) is 0 Å². The third kappa shape index (κ3) is 3.64. The largest absolute Gasteiger partial charge is 0.496 e. The van der Waals surface area contributed by atoms with Gasteiger partial charge in [0.1, 0.15) is 12.3 Å². The molecule has 0 aliphatic heterocycles. The maximum Gasteiger partial charge on any atom is 0.325 e. The zero-order valence-electron chi connectivity index (χ0n) is 14.7. The zero-order valence-corrected chi connectivity index (χ0v) is 14.7. The fraction of sp³-hybridized carbons (Fsp3) is 0.235. The molecular formula is C17H17N5O5. The average Bonchev–Trinajstić information content (AvgIpc) is 3.11. The van der Waals surface area contributed by atoms with Gasteiger partial charge in [-0.25, -0.2) is 4.52 Å². The Bertz CT molecular complexity index is 1060. The summed E-state index contributed by atoms with van der Waals surface area (Å²) in [6.45, 7) is 1.53. The van der Waals surface area contributed by atoms with Gasteiger partial charge in [0.25, 0.3) is 11.5 Å². The Hall–Kier alpha value is -3.69. The molecule has 0 fully saturated rings. The first-order valence-corrected chi connectivity index (χ1v) is 8.10. The van der Waals surface area contributed by atoms with E-state index in [9.17, 15) is 14.4 Å². The molecule has 3 aromatic rings. The Morgan fingerprint density at radius 1 is 1.30 bits per heavy atom. The van der Waals surface area contributed by atoms with E-state index in [4.69, 9.17) is 9.47 Å². The van der Waals surface area contributed by atoms with Gasteiger partial charge in [-0.3, -0.25) is 14.4 Å². The second-order valence-electron chi connectivity index (χ2n) is 5.42. The predicted molar refractivity (Wildman–Crippen MR) is 94.6 cm³/mol. The van der Waals surface area contributed by atoms with Crippen LogP contribution in [0.3, 0.4) is 0 Å². The first-order valence-electron chi connectivity index (χ1n) is 8.10. The van der Waals surface area contributed by atoms with Crippen molar-refractivity contribution in [2.75, 3.05) is 20.3 Å². The highest BCUT2D eigenvalue weighted by Gasteiger charge is 2.20. The monoisotopic (exact) mass is 371 g/mol. The van der Waals surface area contributed by atoms with Crippen molar-refractivity contribution in [3.05, 3.63) is 46.5 Å². The van der Waals surface area contributed by atoms with Gasteiger partial charge < -0.3 is 19.8 Å². The number of H-pyrrole nitrogens is 1. The maximum absolute atomic E-state index is 12.5. The molecule has 2 N–H and O–H groups in total.